The van der Waals surface area contributed by atoms with Gasteiger partial charge in [-0.15, -0.1) is 0 Å². The second kappa shape index (κ2) is 5.80. The van der Waals surface area contributed by atoms with Crippen LogP contribution in [-0.2, 0) is 11.3 Å². The van der Waals surface area contributed by atoms with E-state index in [0.717, 1.165) is 0 Å². The molecular formula is C13H17BrFNO2. The van der Waals surface area contributed by atoms with E-state index in [-0.39, 0.29) is 24.4 Å². The van der Waals surface area contributed by atoms with Crippen LogP contribution in [0.5, 0.6) is 0 Å². The van der Waals surface area contributed by atoms with Crippen molar-refractivity contribution in [3.8, 4) is 0 Å². The minimum absolute atomic E-state index is 0.112. The van der Waals surface area contributed by atoms with Crippen LogP contribution in [0, 0.1) is 5.82 Å². The van der Waals surface area contributed by atoms with Crippen LogP contribution in [0.1, 0.15) is 26.3 Å². The molecule has 0 amide bonds. The van der Waals surface area contributed by atoms with Crippen molar-refractivity contribution in [3.05, 3.63) is 34.1 Å². The lowest BCUT2D eigenvalue weighted by Crippen LogP contribution is -2.43. The van der Waals surface area contributed by atoms with Crippen molar-refractivity contribution < 1.29 is 14.3 Å². The second-order valence-corrected chi connectivity index (χ2v) is 6.07. The number of nitrogens with zero attached hydrogens (tertiary/aromatic N) is 1. The molecule has 0 saturated carbocycles. The van der Waals surface area contributed by atoms with Crippen molar-refractivity contribution in [1.29, 1.82) is 0 Å². The monoisotopic (exact) mass is 317 g/mol. The topological polar surface area (TPSA) is 40.5 Å². The molecule has 1 aromatic rings. The summed E-state index contributed by atoms with van der Waals surface area (Å²) in [6.07, 6.45) is 0. The zero-order valence-electron chi connectivity index (χ0n) is 10.7. The molecule has 0 heterocycles. The molecule has 18 heavy (non-hydrogen) atoms. The van der Waals surface area contributed by atoms with Gasteiger partial charge in [-0.1, -0.05) is 22.0 Å². The third-order valence-electron chi connectivity index (χ3n) is 2.65. The average Bonchev–Trinajstić information content (AvgIpc) is 2.18. The first kappa shape index (κ1) is 15.1. The molecule has 0 atom stereocenters. The van der Waals surface area contributed by atoms with Gasteiger partial charge in [0.25, 0.3) is 0 Å². The number of rotatable bonds is 4. The first-order chi connectivity index (χ1) is 8.20. The summed E-state index contributed by atoms with van der Waals surface area (Å²) in [5.74, 6) is -1.24. The Labute approximate surface area is 115 Å². The van der Waals surface area contributed by atoms with Gasteiger partial charge in [0, 0.05) is 22.1 Å². The van der Waals surface area contributed by atoms with E-state index >= 15 is 0 Å². The SMILES string of the molecule is CC(C)(C)N(CC(=O)O)Cc1ccc(Br)cc1F. The maximum absolute atomic E-state index is 13.7. The molecule has 3 nitrogen and oxygen atoms in total. The summed E-state index contributed by atoms with van der Waals surface area (Å²) in [6.45, 7) is 5.89. The number of carboxylic acid groups (broad SMARTS) is 1. The van der Waals surface area contributed by atoms with Crippen LogP contribution < -0.4 is 0 Å². The Hall–Kier alpha value is -0.940. The number of aliphatic carboxylic acids is 1. The highest BCUT2D eigenvalue weighted by Gasteiger charge is 2.24. The highest BCUT2D eigenvalue weighted by atomic mass is 79.9. The molecule has 0 radical (unpaired) electrons. The van der Waals surface area contributed by atoms with Gasteiger partial charge in [0.1, 0.15) is 5.82 Å². The molecule has 1 rings (SSSR count). The maximum atomic E-state index is 13.7. The summed E-state index contributed by atoms with van der Waals surface area (Å²) in [5, 5.41) is 8.90. The normalized spacial score (nSPS) is 11.9. The van der Waals surface area contributed by atoms with Crippen LogP contribution >= 0.6 is 15.9 Å². The summed E-state index contributed by atoms with van der Waals surface area (Å²) in [4.78, 5) is 12.6. The molecular weight excluding hydrogens is 301 g/mol. The molecule has 100 valence electrons. The number of hydrogen-bond acceptors (Lipinski definition) is 2. The first-order valence-corrected chi connectivity index (χ1v) is 6.40. The van der Waals surface area contributed by atoms with Crippen LogP contribution in [0.3, 0.4) is 0 Å². The van der Waals surface area contributed by atoms with Gasteiger partial charge in [0.15, 0.2) is 0 Å². The molecule has 0 saturated heterocycles. The minimum atomic E-state index is -0.914. The molecule has 0 aliphatic carbocycles. The average molecular weight is 318 g/mol. The van der Waals surface area contributed by atoms with Gasteiger partial charge in [-0.3, -0.25) is 9.69 Å². The second-order valence-electron chi connectivity index (χ2n) is 5.16. The first-order valence-electron chi connectivity index (χ1n) is 5.61. The largest absolute Gasteiger partial charge is 0.480 e. The molecule has 0 spiro atoms. The van der Waals surface area contributed by atoms with Crippen LogP contribution in [0.15, 0.2) is 22.7 Å². The Morgan fingerprint density at radius 2 is 2.06 bits per heavy atom. The lowest BCUT2D eigenvalue weighted by Gasteiger charge is -2.34. The molecule has 0 fully saturated rings. The smallest absolute Gasteiger partial charge is 0.317 e. The standard InChI is InChI=1S/C13H17BrFNO2/c1-13(2,3)16(8-12(17)18)7-9-4-5-10(14)6-11(9)15/h4-6H,7-8H2,1-3H3,(H,17,18). The zero-order valence-corrected chi connectivity index (χ0v) is 12.3. The van der Waals surface area contributed by atoms with Crippen LogP contribution in [0.25, 0.3) is 0 Å². The van der Waals surface area contributed by atoms with Crippen LogP contribution in [0.4, 0.5) is 4.39 Å². The fourth-order valence-electron chi connectivity index (χ4n) is 1.55. The number of halogens is 2. The quantitative estimate of drug-likeness (QED) is 0.926. The molecule has 0 aliphatic heterocycles. The number of carboxylic acids is 1. The van der Waals surface area contributed by atoms with Gasteiger partial charge < -0.3 is 5.11 Å². The van der Waals surface area contributed by atoms with E-state index in [9.17, 15) is 9.18 Å². The fraction of sp³-hybridized carbons (Fsp3) is 0.462. The van der Waals surface area contributed by atoms with Crippen molar-refractivity contribution in [2.45, 2.75) is 32.9 Å². The predicted octanol–water partition coefficient (Wildman–Crippen LogP) is 3.27. The Bertz CT molecular complexity index is 443. The predicted molar refractivity (Wildman–Crippen MR) is 71.9 cm³/mol. The molecule has 0 aromatic heterocycles. The highest BCUT2D eigenvalue weighted by Crippen LogP contribution is 2.21. The molecule has 5 heteroatoms. The third kappa shape index (κ3) is 4.38. The van der Waals surface area contributed by atoms with Crippen molar-refractivity contribution >= 4 is 21.9 Å². The molecule has 1 aromatic carbocycles. The maximum Gasteiger partial charge on any atom is 0.317 e. The van der Waals surface area contributed by atoms with Gasteiger partial charge in [0.2, 0.25) is 0 Å². The van der Waals surface area contributed by atoms with Gasteiger partial charge in [-0.2, -0.15) is 0 Å². The van der Waals surface area contributed by atoms with Crippen molar-refractivity contribution in [1.82, 2.24) is 4.90 Å². The van der Waals surface area contributed by atoms with Gasteiger partial charge in [-0.25, -0.2) is 4.39 Å². The van der Waals surface area contributed by atoms with E-state index in [2.05, 4.69) is 15.9 Å². The zero-order chi connectivity index (χ0) is 13.9. The molecule has 0 aliphatic rings. The lowest BCUT2D eigenvalue weighted by atomic mass is 10.0. The molecule has 0 unspecified atom stereocenters. The summed E-state index contributed by atoms with van der Waals surface area (Å²) < 4.78 is 14.4. The van der Waals surface area contributed by atoms with Crippen molar-refractivity contribution in [2.75, 3.05) is 6.54 Å². The molecule has 1 N–H and O–H groups in total. The summed E-state index contributed by atoms with van der Waals surface area (Å²) >= 11 is 3.19. The third-order valence-corrected chi connectivity index (χ3v) is 3.14. The number of benzene rings is 1. The summed E-state index contributed by atoms with van der Waals surface area (Å²) in [5.41, 5.74) is 0.159. The van der Waals surface area contributed by atoms with E-state index in [4.69, 9.17) is 5.11 Å². The minimum Gasteiger partial charge on any atom is -0.480 e. The van der Waals surface area contributed by atoms with Gasteiger partial charge >= 0.3 is 5.97 Å². The summed E-state index contributed by atoms with van der Waals surface area (Å²) in [6, 6.07) is 4.80. The van der Waals surface area contributed by atoms with Crippen molar-refractivity contribution in [2.24, 2.45) is 0 Å². The fourth-order valence-corrected chi connectivity index (χ4v) is 1.88. The highest BCUT2D eigenvalue weighted by molar-refractivity contribution is 9.10. The van der Waals surface area contributed by atoms with Crippen LogP contribution in [-0.4, -0.2) is 28.1 Å². The van der Waals surface area contributed by atoms with E-state index in [1.54, 1.807) is 17.0 Å². The Kier molecular flexibility index (Phi) is 4.87. The van der Waals surface area contributed by atoms with E-state index in [0.29, 0.717) is 10.0 Å². The Morgan fingerprint density at radius 1 is 1.44 bits per heavy atom. The van der Waals surface area contributed by atoms with E-state index in [1.165, 1.54) is 6.07 Å². The van der Waals surface area contributed by atoms with E-state index < -0.39 is 5.97 Å². The number of hydrogen-bond donors (Lipinski definition) is 1. The number of carbonyl (C=O) groups is 1. The van der Waals surface area contributed by atoms with Gasteiger partial charge in [-0.05, 0) is 32.9 Å². The molecule has 0 bridgehead atoms. The lowest BCUT2D eigenvalue weighted by molar-refractivity contribution is -0.139. The Morgan fingerprint density at radius 3 is 2.50 bits per heavy atom. The summed E-state index contributed by atoms with van der Waals surface area (Å²) in [7, 11) is 0. The van der Waals surface area contributed by atoms with Gasteiger partial charge in [0.05, 0.1) is 6.54 Å². The van der Waals surface area contributed by atoms with Crippen LogP contribution in [0.2, 0.25) is 0 Å². The Balaban J connectivity index is 2.92. The van der Waals surface area contributed by atoms with E-state index in [1.807, 2.05) is 20.8 Å². The van der Waals surface area contributed by atoms with Crippen molar-refractivity contribution in [3.63, 3.8) is 0 Å².